The van der Waals surface area contributed by atoms with E-state index in [1.807, 2.05) is 23.9 Å². The Morgan fingerprint density at radius 1 is 0.750 bits per heavy atom. The number of piperazine rings is 2. The van der Waals surface area contributed by atoms with E-state index in [1.54, 1.807) is 0 Å². The first-order valence-electron chi connectivity index (χ1n) is 10.1. The van der Waals surface area contributed by atoms with Crippen molar-refractivity contribution in [2.45, 2.75) is 17.6 Å². The van der Waals surface area contributed by atoms with Crippen LogP contribution >= 0.6 is 23.9 Å². The molecule has 2 aliphatic heterocycles. The molecular formula is C22H32N4S2. The molecule has 0 amide bonds. The molecule has 0 spiro atoms. The summed E-state index contributed by atoms with van der Waals surface area (Å²) in [5.74, 6) is 1.10. The minimum atomic E-state index is 1.10. The molecule has 2 N–H and O–H groups in total. The molecule has 0 bridgehead atoms. The molecule has 2 saturated heterocycles. The van der Waals surface area contributed by atoms with E-state index < -0.39 is 0 Å². The minimum absolute atomic E-state index is 1.10. The highest BCUT2D eigenvalue weighted by molar-refractivity contribution is 7.97. The molecule has 4 rings (SSSR count). The van der Waals surface area contributed by atoms with Crippen molar-refractivity contribution in [1.29, 1.82) is 0 Å². The van der Waals surface area contributed by atoms with Crippen LogP contribution in [-0.2, 0) is 5.75 Å². The maximum atomic E-state index is 3.36. The quantitative estimate of drug-likeness (QED) is 0.724. The van der Waals surface area contributed by atoms with Crippen LogP contribution in [0.2, 0.25) is 0 Å². The van der Waals surface area contributed by atoms with Gasteiger partial charge in [0, 0.05) is 63.0 Å². The number of benzene rings is 2. The Kier molecular flexibility index (Phi) is 9.70. The summed E-state index contributed by atoms with van der Waals surface area (Å²) in [6.45, 7) is 11.2. The number of aryl methyl sites for hydroxylation is 1. The number of nitrogens with zero attached hydrogens (tertiary/aromatic N) is 2. The molecule has 0 atom stereocenters. The lowest BCUT2D eigenvalue weighted by molar-refractivity contribution is 0.396. The lowest BCUT2D eigenvalue weighted by Gasteiger charge is -2.25. The summed E-state index contributed by atoms with van der Waals surface area (Å²) in [6, 6.07) is 19.4. The first-order valence-corrected chi connectivity index (χ1v) is 11.8. The third-order valence-corrected chi connectivity index (χ3v) is 6.96. The molecule has 0 saturated carbocycles. The Bertz CT molecular complexity index is 654. The molecule has 4 nitrogen and oxygen atoms in total. The fourth-order valence-corrected chi connectivity index (χ4v) is 4.88. The molecule has 2 aromatic carbocycles. The van der Waals surface area contributed by atoms with Gasteiger partial charge in [0.05, 0.1) is 0 Å². The van der Waals surface area contributed by atoms with E-state index in [-0.39, 0.29) is 0 Å². The van der Waals surface area contributed by atoms with Gasteiger partial charge in [0.1, 0.15) is 0 Å². The molecule has 0 radical (unpaired) electrons. The van der Waals surface area contributed by atoms with E-state index >= 15 is 0 Å². The van der Waals surface area contributed by atoms with Crippen molar-refractivity contribution in [1.82, 2.24) is 19.2 Å². The first-order chi connectivity index (χ1) is 13.8. The Balaban J connectivity index is 0.000000161. The molecule has 0 aromatic heterocycles. The summed E-state index contributed by atoms with van der Waals surface area (Å²) in [7, 11) is 0. The van der Waals surface area contributed by atoms with Gasteiger partial charge in [-0.2, -0.15) is 0 Å². The summed E-state index contributed by atoms with van der Waals surface area (Å²) < 4.78 is 4.87. The molecule has 152 valence electrons. The van der Waals surface area contributed by atoms with Gasteiger partial charge in [0.25, 0.3) is 0 Å². The van der Waals surface area contributed by atoms with Crippen molar-refractivity contribution in [3.05, 3.63) is 65.7 Å². The minimum Gasteiger partial charge on any atom is -0.314 e. The molecule has 2 aliphatic rings. The molecule has 6 heteroatoms. The zero-order chi connectivity index (χ0) is 19.4. The topological polar surface area (TPSA) is 30.5 Å². The second-order valence-electron chi connectivity index (χ2n) is 7.02. The van der Waals surface area contributed by atoms with Crippen molar-refractivity contribution >= 4 is 23.9 Å². The third kappa shape index (κ3) is 8.15. The van der Waals surface area contributed by atoms with Crippen LogP contribution in [0.1, 0.15) is 11.1 Å². The van der Waals surface area contributed by atoms with Crippen LogP contribution in [0.25, 0.3) is 0 Å². The molecule has 28 heavy (non-hydrogen) atoms. The molecule has 0 aliphatic carbocycles. The Labute approximate surface area is 178 Å². The second-order valence-corrected chi connectivity index (χ2v) is 9.26. The largest absolute Gasteiger partial charge is 0.314 e. The molecular weight excluding hydrogens is 384 g/mol. The summed E-state index contributed by atoms with van der Waals surface area (Å²) >= 11 is 3.81. The van der Waals surface area contributed by atoms with Crippen molar-refractivity contribution < 1.29 is 0 Å². The number of nitrogens with one attached hydrogen (secondary N) is 2. The monoisotopic (exact) mass is 416 g/mol. The van der Waals surface area contributed by atoms with Crippen molar-refractivity contribution in [3.8, 4) is 0 Å². The Morgan fingerprint density at radius 2 is 1.32 bits per heavy atom. The highest BCUT2D eigenvalue weighted by Crippen LogP contribution is 2.22. The van der Waals surface area contributed by atoms with Gasteiger partial charge >= 0.3 is 0 Å². The maximum absolute atomic E-state index is 3.36. The van der Waals surface area contributed by atoms with E-state index in [0.29, 0.717) is 0 Å². The smallest absolute Gasteiger partial charge is 0.0332 e. The number of hydrogen-bond donors (Lipinski definition) is 2. The fourth-order valence-electron chi connectivity index (χ4n) is 3.00. The maximum Gasteiger partial charge on any atom is 0.0332 e. The van der Waals surface area contributed by atoms with E-state index in [0.717, 1.165) is 58.1 Å². The summed E-state index contributed by atoms with van der Waals surface area (Å²) in [5, 5.41) is 6.71. The number of hydrogen-bond acceptors (Lipinski definition) is 6. The van der Waals surface area contributed by atoms with E-state index in [1.165, 1.54) is 16.0 Å². The van der Waals surface area contributed by atoms with Crippen LogP contribution in [0.5, 0.6) is 0 Å². The van der Waals surface area contributed by atoms with E-state index in [2.05, 4.69) is 80.8 Å². The van der Waals surface area contributed by atoms with Gasteiger partial charge in [0.15, 0.2) is 0 Å². The normalized spacial score (nSPS) is 18.3. The summed E-state index contributed by atoms with van der Waals surface area (Å²) in [6.07, 6.45) is 0. The van der Waals surface area contributed by atoms with Crippen molar-refractivity contribution in [2.75, 3.05) is 52.4 Å². The van der Waals surface area contributed by atoms with Gasteiger partial charge in [-0.3, -0.25) is 0 Å². The lowest BCUT2D eigenvalue weighted by atomic mass is 10.2. The molecule has 0 unspecified atom stereocenters. The predicted molar refractivity (Wildman–Crippen MR) is 124 cm³/mol. The fraction of sp³-hybridized carbons (Fsp3) is 0.455. The number of rotatable bonds is 5. The summed E-state index contributed by atoms with van der Waals surface area (Å²) in [4.78, 5) is 1.34. The van der Waals surface area contributed by atoms with Crippen LogP contribution in [-0.4, -0.2) is 61.0 Å². The van der Waals surface area contributed by atoms with Gasteiger partial charge in [-0.15, -0.1) is 0 Å². The average Bonchev–Trinajstić information content (AvgIpc) is 2.77. The third-order valence-electron chi connectivity index (χ3n) is 4.66. The average molecular weight is 417 g/mol. The van der Waals surface area contributed by atoms with Crippen LogP contribution in [0.15, 0.2) is 59.5 Å². The lowest BCUT2D eigenvalue weighted by Crippen LogP contribution is -2.39. The highest BCUT2D eigenvalue weighted by atomic mass is 32.2. The van der Waals surface area contributed by atoms with Crippen LogP contribution in [0.4, 0.5) is 0 Å². The SMILES string of the molecule is Cc1ccc(SN2CCNCC2)cc1.c1ccc(CSN2CCNCC2)cc1. The molecule has 2 fully saturated rings. The van der Waals surface area contributed by atoms with Gasteiger partial charge in [0.2, 0.25) is 0 Å². The second kappa shape index (κ2) is 12.5. The van der Waals surface area contributed by atoms with Crippen molar-refractivity contribution in [3.63, 3.8) is 0 Å². The zero-order valence-corrected chi connectivity index (χ0v) is 18.4. The van der Waals surface area contributed by atoms with E-state index in [4.69, 9.17) is 0 Å². The van der Waals surface area contributed by atoms with Gasteiger partial charge in [-0.1, -0.05) is 60.0 Å². The molecule has 2 heterocycles. The first kappa shape index (κ1) is 21.7. The van der Waals surface area contributed by atoms with Crippen molar-refractivity contribution in [2.24, 2.45) is 0 Å². The summed E-state index contributed by atoms with van der Waals surface area (Å²) in [5.41, 5.74) is 2.74. The zero-order valence-electron chi connectivity index (χ0n) is 16.8. The Morgan fingerprint density at radius 3 is 1.93 bits per heavy atom. The van der Waals surface area contributed by atoms with Crippen LogP contribution in [0, 0.1) is 6.92 Å². The van der Waals surface area contributed by atoms with E-state index in [9.17, 15) is 0 Å². The Hall–Kier alpha value is -1.02. The predicted octanol–water partition coefficient (Wildman–Crippen LogP) is 3.65. The van der Waals surface area contributed by atoms with Gasteiger partial charge in [-0.05, 0) is 36.6 Å². The van der Waals surface area contributed by atoms with Crippen LogP contribution < -0.4 is 10.6 Å². The molecule has 2 aromatic rings. The van der Waals surface area contributed by atoms with Crippen LogP contribution in [0.3, 0.4) is 0 Å². The van der Waals surface area contributed by atoms with Gasteiger partial charge in [-0.25, -0.2) is 8.61 Å². The van der Waals surface area contributed by atoms with Gasteiger partial charge < -0.3 is 10.6 Å². The highest BCUT2D eigenvalue weighted by Gasteiger charge is 2.10. The standard InChI is InChI=1S/2C11H16N2S/c1-10-2-4-11(5-3-10)14-13-8-6-12-7-9-13;1-2-4-11(5-3-1)10-14-13-8-6-12-7-9-13/h2-5,12H,6-9H2,1H3;1-5,12H,6-10H2.